The zero-order chi connectivity index (χ0) is 14.8. The maximum Gasteiger partial charge on any atom is 0.308 e. The molecule has 1 aliphatic rings. The van der Waals surface area contributed by atoms with E-state index in [1.807, 2.05) is 25.1 Å². The number of hydrogen-bond acceptors (Lipinski definition) is 4. The van der Waals surface area contributed by atoms with Crippen molar-refractivity contribution in [1.29, 1.82) is 0 Å². The summed E-state index contributed by atoms with van der Waals surface area (Å²) in [6.07, 6.45) is 0. The largest absolute Gasteiger partial charge is 0.481 e. The molecule has 2 aromatic rings. The van der Waals surface area contributed by atoms with Gasteiger partial charge >= 0.3 is 5.97 Å². The lowest BCUT2D eigenvalue weighted by atomic mass is 9.99. The average Bonchev–Trinajstić information content (AvgIpc) is 3.07. The predicted octanol–water partition coefficient (Wildman–Crippen LogP) is 2.96. The van der Waals surface area contributed by atoms with E-state index in [1.165, 1.54) is 0 Å². The van der Waals surface area contributed by atoms with E-state index < -0.39 is 5.97 Å². The highest BCUT2D eigenvalue weighted by Crippen LogP contribution is 2.27. The Morgan fingerprint density at radius 3 is 2.81 bits per heavy atom. The molecule has 2 heterocycles. The first-order chi connectivity index (χ1) is 10.1. The standard InChI is InChI=1S/C16H18N2O2S/c1-11-7-18(9-14(11)16(19)20)8-13-10-21-15(17-13)12-5-3-2-4-6-12/h2-6,10-11,14H,7-9H2,1H3,(H,19,20). The number of carboxylic acids is 1. The zero-order valence-corrected chi connectivity index (χ0v) is 12.7. The number of rotatable bonds is 4. The molecule has 3 rings (SSSR count). The van der Waals surface area contributed by atoms with Crippen molar-refractivity contribution in [3.05, 3.63) is 41.4 Å². The molecule has 0 amide bonds. The summed E-state index contributed by atoms with van der Waals surface area (Å²) >= 11 is 1.64. The lowest BCUT2D eigenvalue weighted by molar-refractivity contribution is -0.142. The Kier molecular flexibility index (Phi) is 4.03. The predicted molar refractivity (Wildman–Crippen MR) is 83.1 cm³/mol. The van der Waals surface area contributed by atoms with E-state index in [0.29, 0.717) is 6.54 Å². The van der Waals surface area contributed by atoms with Crippen LogP contribution in [0, 0.1) is 11.8 Å². The molecule has 1 saturated heterocycles. The van der Waals surface area contributed by atoms with Crippen molar-refractivity contribution in [2.75, 3.05) is 13.1 Å². The van der Waals surface area contributed by atoms with Gasteiger partial charge in [-0.2, -0.15) is 0 Å². The molecule has 0 saturated carbocycles. The van der Waals surface area contributed by atoms with Crippen molar-refractivity contribution in [2.24, 2.45) is 11.8 Å². The summed E-state index contributed by atoms with van der Waals surface area (Å²) in [5.41, 5.74) is 2.16. The summed E-state index contributed by atoms with van der Waals surface area (Å²) < 4.78 is 0. The SMILES string of the molecule is CC1CN(Cc2csc(-c3ccccc3)n2)CC1C(=O)O. The molecule has 1 fully saturated rings. The van der Waals surface area contributed by atoms with Gasteiger partial charge in [0.05, 0.1) is 11.6 Å². The molecule has 21 heavy (non-hydrogen) atoms. The third kappa shape index (κ3) is 3.14. The van der Waals surface area contributed by atoms with Gasteiger partial charge in [-0.05, 0) is 5.92 Å². The molecular weight excluding hydrogens is 284 g/mol. The van der Waals surface area contributed by atoms with Gasteiger partial charge in [0.1, 0.15) is 5.01 Å². The molecule has 0 radical (unpaired) electrons. The van der Waals surface area contributed by atoms with E-state index in [0.717, 1.165) is 29.4 Å². The molecule has 0 bridgehead atoms. The highest BCUT2D eigenvalue weighted by molar-refractivity contribution is 7.13. The van der Waals surface area contributed by atoms with Crippen molar-refractivity contribution in [2.45, 2.75) is 13.5 Å². The van der Waals surface area contributed by atoms with Crippen LogP contribution in [-0.2, 0) is 11.3 Å². The Bertz CT molecular complexity index is 626. The fourth-order valence-electron chi connectivity index (χ4n) is 2.84. The first-order valence-electron chi connectivity index (χ1n) is 7.08. The number of aliphatic carboxylic acids is 1. The first kappa shape index (κ1) is 14.2. The van der Waals surface area contributed by atoms with E-state index >= 15 is 0 Å². The molecule has 2 unspecified atom stereocenters. The summed E-state index contributed by atoms with van der Waals surface area (Å²) in [5.74, 6) is -0.736. The number of carboxylic acid groups (broad SMARTS) is 1. The second-order valence-electron chi connectivity index (χ2n) is 5.63. The number of aromatic nitrogens is 1. The number of thiazole rings is 1. The maximum absolute atomic E-state index is 11.2. The molecule has 2 atom stereocenters. The monoisotopic (exact) mass is 302 g/mol. The lowest BCUT2D eigenvalue weighted by Gasteiger charge is -2.13. The Morgan fingerprint density at radius 1 is 1.38 bits per heavy atom. The van der Waals surface area contributed by atoms with Crippen LogP contribution in [0.15, 0.2) is 35.7 Å². The highest BCUT2D eigenvalue weighted by atomic mass is 32.1. The normalized spacial score (nSPS) is 22.5. The van der Waals surface area contributed by atoms with Crippen molar-refractivity contribution in [3.63, 3.8) is 0 Å². The van der Waals surface area contributed by atoms with Gasteiger partial charge in [-0.15, -0.1) is 11.3 Å². The number of nitrogens with zero attached hydrogens (tertiary/aromatic N) is 2. The second kappa shape index (κ2) is 5.95. The van der Waals surface area contributed by atoms with Crippen molar-refractivity contribution in [1.82, 2.24) is 9.88 Å². The summed E-state index contributed by atoms with van der Waals surface area (Å²) in [5, 5.41) is 12.3. The van der Waals surface area contributed by atoms with Gasteiger partial charge in [0.15, 0.2) is 0 Å². The van der Waals surface area contributed by atoms with Crippen LogP contribution >= 0.6 is 11.3 Å². The topological polar surface area (TPSA) is 53.4 Å². The second-order valence-corrected chi connectivity index (χ2v) is 6.48. The van der Waals surface area contributed by atoms with Gasteiger partial charge < -0.3 is 5.11 Å². The minimum atomic E-state index is -0.687. The minimum absolute atomic E-state index is 0.203. The highest BCUT2D eigenvalue weighted by Gasteiger charge is 2.34. The van der Waals surface area contributed by atoms with E-state index in [-0.39, 0.29) is 11.8 Å². The van der Waals surface area contributed by atoms with Gasteiger partial charge in [0.2, 0.25) is 0 Å². The quantitative estimate of drug-likeness (QED) is 0.943. The van der Waals surface area contributed by atoms with E-state index in [9.17, 15) is 9.90 Å². The molecule has 1 N–H and O–H groups in total. The Hall–Kier alpha value is -1.72. The van der Waals surface area contributed by atoms with Gasteiger partial charge in [-0.3, -0.25) is 9.69 Å². The molecule has 1 aromatic heterocycles. The van der Waals surface area contributed by atoms with Crippen LogP contribution < -0.4 is 0 Å². The van der Waals surface area contributed by atoms with Crippen molar-refractivity contribution in [3.8, 4) is 10.6 Å². The summed E-state index contributed by atoms with van der Waals surface area (Å²) in [7, 11) is 0. The fraction of sp³-hybridized carbons (Fsp3) is 0.375. The summed E-state index contributed by atoms with van der Waals surface area (Å²) in [4.78, 5) is 18.0. The minimum Gasteiger partial charge on any atom is -0.481 e. The molecule has 1 aliphatic heterocycles. The number of benzene rings is 1. The van der Waals surface area contributed by atoms with Gasteiger partial charge in [-0.1, -0.05) is 37.3 Å². The zero-order valence-electron chi connectivity index (χ0n) is 11.9. The first-order valence-corrected chi connectivity index (χ1v) is 7.96. The average molecular weight is 302 g/mol. The summed E-state index contributed by atoms with van der Waals surface area (Å²) in [6, 6.07) is 10.1. The Morgan fingerprint density at radius 2 is 2.14 bits per heavy atom. The molecule has 0 aliphatic carbocycles. The smallest absolute Gasteiger partial charge is 0.308 e. The molecule has 0 spiro atoms. The van der Waals surface area contributed by atoms with Crippen molar-refractivity contribution < 1.29 is 9.90 Å². The van der Waals surface area contributed by atoms with Crippen molar-refractivity contribution >= 4 is 17.3 Å². The Labute approximate surface area is 128 Å². The third-order valence-corrected chi connectivity index (χ3v) is 4.90. The van der Waals surface area contributed by atoms with Gasteiger partial charge in [-0.25, -0.2) is 4.98 Å². The van der Waals surface area contributed by atoms with Crippen LogP contribution in [0.25, 0.3) is 10.6 Å². The fourth-order valence-corrected chi connectivity index (χ4v) is 3.66. The Balaban J connectivity index is 1.67. The van der Waals surface area contributed by atoms with Crippen LogP contribution in [-0.4, -0.2) is 34.0 Å². The number of carbonyl (C=O) groups is 1. The number of hydrogen-bond donors (Lipinski definition) is 1. The maximum atomic E-state index is 11.2. The van der Waals surface area contributed by atoms with Crippen LogP contribution in [0.1, 0.15) is 12.6 Å². The molecule has 4 nitrogen and oxygen atoms in total. The van der Waals surface area contributed by atoms with Crippen LogP contribution in [0.3, 0.4) is 0 Å². The molecule has 110 valence electrons. The van der Waals surface area contributed by atoms with Crippen LogP contribution in [0.5, 0.6) is 0 Å². The van der Waals surface area contributed by atoms with Crippen LogP contribution in [0.2, 0.25) is 0 Å². The van der Waals surface area contributed by atoms with Gasteiger partial charge in [0.25, 0.3) is 0 Å². The van der Waals surface area contributed by atoms with E-state index in [4.69, 9.17) is 0 Å². The number of likely N-dealkylation sites (tertiary alicyclic amines) is 1. The lowest BCUT2D eigenvalue weighted by Crippen LogP contribution is -2.23. The molecule has 5 heteroatoms. The van der Waals surface area contributed by atoms with E-state index in [1.54, 1.807) is 11.3 Å². The summed E-state index contributed by atoms with van der Waals surface area (Å²) in [6.45, 7) is 4.19. The molecule has 1 aromatic carbocycles. The molecular formula is C16H18N2O2S. The van der Waals surface area contributed by atoms with E-state index in [2.05, 4.69) is 27.4 Å². The third-order valence-electron chi connectivity index (χ3n) is 3.96. The van der Waals surface area contributed by atoms with Crippen LogP contribution in [0.4, 0.5) is 0 Å². The van der Waals surface area contributed by atoms with Gasteiger partial charge in [0, 0.05) is 30.6 Å².